The van der Waals surface area contributed by atoms with Gasteiger partial charge in [-0.15, -0.1) is 0 Å². The van der Waals surface area contributed by atoms with E-state index in [4.69, 9.17) is 14.5 Å². The van der Waals surface area contributed by atoms with E-state index in [2.05, 4.69) is 30.8 Å². The number of ether oxygens (including phenoxy) is 1. The molecule has 0 bridgehead atoms. The molecule has 2 fully saturated rings. The summed E-state index contributed by atoms with van der Waals surface area (Å²) in [6, 6.07) is 8.84. The SMILES string of the molecule is C=C(c1ccc(C2CCCCCCC2)cc1)C1COCOO1. The van der Waals surface area contributed by atoms with Crippen LogP contribution in [0.3, 0.4) is 0 Å². The van der Waals surface area contributed by atoms with Gasteiger partial charge < -0.3 is 4.74 Å². The third-order valence-electron chi connectivity index (χ3n) is 4.83. The van der Waals surface area contributed by atoms with Crippen LogP contribution in [0.2, 0.25) is 0 Å². The molecule has 2 aliphatic rings. The Morgan fingerprint density at radius 1 is 0.955 bits per heavy atom. The summed E-state index contributed by atoms with van der Waals surface area (Å²) in [5.74, 6) is 0.722. The minimum Gasteiger partial charge on any atom is -0.349 e. The fourth-order valence-electron chi connectivity index (χ4n) is 3.43. The largest absolute Gasteiger partial charge is 0.349 e. The van der Waals surface area contributed by atoms with Crippen LogP contribution in [-0.4, -0.2) is 19.5 Å². The molecule has 1 heterocycles. The van der Waals surface area contributed by atoms with Crippen molar-refractivity contribution < 1.29 is 14.5 Å². The van der Waals surface area contributed by atoms with Crippen molar-refractivity contribution in [3.8, 4) is 0 Å². The van der Waals surface area contributed by atoms with Gasteiger partial charge in [0.25, 0.3) is 0 Å². The molecule has 1 aliphatic heterocycles. The monoisotopic (exact) mass is 302 g/mol. The normalized spacial score (nSPS) is 24.5. The standard InChI is InChI=1S/C19H26O3/c1-15(19-13-20-14-21-22-19)16-9-11-18(12-10-16)17-7-5-3-2-4-6-8-17/h9-12,17,19H,1-8,13-14H2. The molecule has 22 heavy (non-hydrogen) atoms. The van der Waals surface area contributed by atoms with Gasteiger partial charge in [-0.1, -0.05) is 62.9 Å². The second kappa shape index (κ2) is 7.91. The van der Waals surface area contributed by atoms with Crippen LogP contribution in [0.5, 0.6) is 0 Å². The third kappa shape index (κ3) is 3.97. The summed E-state index contributed by atoms with van der Waals surface area (Å²) in [5, 5.41) is 0. The van der Waals surface area contributed by atoms with Gasteiger partial charge in [0, 0.05) is 0 Å². The lowest BCUT2D eigenvalue weighted by Crippen LogP contribution is -2.27. The van der Waals surface area contributed by atoms with E-state index in [-0.39, 0.29) is 12.9 Å². The van der Waals surface area contributed by atoms with Crippen molar-refractivity contribution in [2.75, 3.05) is 13.4 Å². The van der Waals surface area contributed by atoms with Crippen molar-refractivity contribution in [2.24, 2.45) is 0 Å². The minimum atomic E-state index is -0.207. The molecular weight excluding hydrogens is 276 g/mol. The predicted molar refractivity (Wildman–Crippen MR) is 87.3 cm³/mol. The van der Waals surface area contributed by atoms with Gasteiger partial charge in [-0.2, -0.15) is 0 Å². The molecule has 1 atom stereocenters. The first-order chi connectivity index (χ1) is 10.8. The quantitative estimate of drug-likeness (QED) is 0.748. The summed E-state index contributed by atoms with van der Waals surface area (Å²) in [6.07, 6.45) is 9.38. The van der Waals surface area contributed by atoms with Crippen LogP contribution in [0.1, 0.15) is 62.0 Å². The van der Waals surface area contributed by atoms with Crippen LogP contribution in [0.15, 0.2) is 30.8 Å². The number of hydrogen-bond donors (Lipinski definition) is 0. The van der Waals surface area contributed by atoms with Crippen LogP contribution in [0.25, 0.3) is 5.57 Å². The summed E-state index contributed by atoms with van der Waals surface area (Å²) in [6.45, 7) is 4.84. The van der Waals surface area contributed by atoms with Crippen molar-refractivity contribution in [3.63, 3.8) is 0 Å². The summed E-state index contributed by atoms with van der Waals surface area (Å²) in [4.78, 5) is 10.1. The first kappa shape index (κ1) is 15.7. The second-order valence-electron chi connectivity index (χ2n) is 6.38. The van der Waals surface area contributed by atoms with Crippen molar-refractivity contribution in [1.82, 2.24) is 0 Å². The fraction of sp³-hybridized carbons (Fsp3) is 0.579. The van der Waals surface area contributed by atoms with Gasteiger partial charge in [-0.05, 0) is 35.5 Å². The zero-order chi connectivity index (χ0) is 15.2. The van der Waals surface area contributed by atoms with E-state index in [1.165, 1.54) is 50.5 Å². The van der Waals surface area contributed by atoms with Gasteiger partial charge >= 0.3 is 0 Å². The number of rotatable bonds is 3. The molecule has 1 aliphatic carbocycles. The molecule has 0 spiro atoms. The van der Waals surface area contributed by atoms with Gasteiger partial charge in [0.05, 0.1) is 6.61 Å². The van der Waals surface area contributed by atoms with E-state index in [0.29, 0.717) is 6.61 Å². The Labute approximate surface area is 133 Å². The zero-order valence-electron chi connectivity index (χ0n) is 13.3. The Hall–Kier alpha value is -1.16. The molecule has 3 rings (SSSR count). The average molecular weight is 302 g/mol. The highest BCUT2D eigenvalue weighted by molar-refractivity contribution is 5.67. The first-order valence-electron chi connectivity index (χ1n) is 8.50. The summed E-state index contributed by atoms with van der Waals surface area (Å²) >= 11 is 0. The van der Waals surface area contributed by atoms with Crippen molar-refractivity contribution in [3.05, 3.63) is 42.0 Å². The molecule has 1 unspecified atom stereocenters. The van der Waals surface area contributed by atoms with Crippen LogP contribution in [-0.2, 0) is 14.5 Å². The number of hydrogen-bond acceptors (Lipinski definition) is 3. The fourth-order valence-corrected chi connectivity index (χ4v) is 3.43. The molecule has 3 heteroatoms. The van der Waals surface area contributed by atoms with Gasteiger partial charge in [-0.25, -0.2) is 9.78 Å². The highest BCUT2D eigenvalue weighted by Crippen LogP contribution is 2.32. The summed E-state index contributed by atoms with van der Waals surface area (Å²) in [7, 11) is 0. The van der Waals surface area contributed by atoms with Crippen LogP contribution >= 0.6 is 0 Å². The first-order valence-corrected chi connectivity index (χ1v) is 8.50. The molecule has 0 amide bonds. The average Bonchev–Trinajstić information content (AvgIpc) is 2.55. The summed E-state index contributed by atoms with van der Waals surface area (Å²) < 4.78 is 5.26. The lowest BCUT2D eigenvalue weighted by atomic mass is 9.85. The van der Waals surface area contributed by atoms with E-state index < -0.39 is 0 Å². The Morgan fingerprint density at radius 2 is 1.64 bits per heavy atom. The van der Waals surface area contributed by atoms with Crippen LogP contribution < -0.4 is 0 Å². The Kier molecular flexibility index (Phi) is 5.65. The highest BCUT2D eigenvalue weighted by Gasteiger charge is 2.21. The zero-order valence-corrected chi connectivity index (χ0v) is 13.3. The smallest absolute Gasteiger partial charge is 0.180 e. The Balaban J connectivity index is 1.64. The van der Waals surface area contributed by atoms with E-state index in [1.807, 2.05) is 0 Å². The predicted octanol–water partition coefficient (Wildman–Crippen LogP) is 4.83. The van der Waals surface area contributed by atoms with E-state index >= 15 is 0 Å². The number of benzene rings is 1. The minimum absolute atomic E-state index is 0.199. The molecule has 1 aromatic carbocycles. The van der Waals surface area contributed by atoms with E-state index in [0.717, 1.165) is 17.1 Å². The maximum Gasteiger partial charge on any atom is 0.180 e. The lowest BCUT2D eigenvalue weighted by molar-refractivity contribution is -0.390. The maximum atomic E-state index is 5.26. The van der Waals surface area contributed by atoms with Gasteiger partial charge in [-0.3, -0.25) is 0 Å². The van der Waals surface area contributed by atoms with Crippen molar-refractivity contribution >= 4 is 5.57 Å². The van der Waals surface area contributed by atoms with Gasteiger partial charge in [0.1, 0.15) is 6.10 Å². The molecule has 0 radical (unpaired) electrons. The summed E-state index contributed by atoms with van der Waals surface area (Å²) in [5.41, 5.74) is 3.49. The van der Waals surface area contributed by atoms with E-state index in [1.54, 1.807) is 0 Å². The van der Waals surface area contributed by atoms with E-state index in [9.17, 15) is 0 Å². The van der Waals surface area contributed by atoms with Crippen molar-refractivity contribution in [1.29, 1.82) is 0 Å². The van der Waals surface area contributed by atoms with Crippen molar-refractivity contribution in [2.45, 2.75) is 57.0 Å². The highest BCUT2D eigenvalue weighted by atomic mass is 17.2. The van der Waals surface area contributed by atoms with Crippen LogP contribution in [0, 0.1) is 0 Å². The molecule has 3 nitrogen and oxygen atoms in total. The molecule has 1 aromatic rings. The topological polar surface area (TPSA) is 27.7 Å². The molecule has 120 valence electrons. The molecule has 1 saturated carbocycles. The van der Waals surface area contributed by atoms with Gasteiger partial charge in [0.15, 0.2) is 6.79 Å². The third-order valence-corrected chi connectivity index (χ3v) is 4.83. The second-order valence-corrected chi connectivity index (χ2v) is 6.38. The van der Waals surface area contributed by atoms with Gasteiger partial charge in [0.2, 0.25) is 0 Å². The molecule has 1 saturated heterocycles. The molecule has 0 aromatic heterocycles. The molecule has 0 N–H and O–H groups in total. The Bertz CT molecular complexity index is 466. The maximum absolute atomic E-state index is 5.26. The molecular formula is C19H26O3. The lowest BCUT2D eigenvalue weighted by Gasteiger charge is -2.24. The Morgan fingerprint density at radius 3 is 2.27 bits per heavy atom. The van der Waals surface area contributed by atoms with Crippen LogP contribution in [0.4, 0.5) is 0 Å².